The Morgan fingerprint density at radius 2 is 2.15 bits per heavy atom. The van der Waals surface area contributed by atoms with Crippen LogP contribution >= 0.6 is 11.6 Å². The van der Waals surface area contributed by atoms with Crippen molar-refractivity contribution in [1.29, 1.82) is 0 Å². The molecule has 0 aliphatic heterocycles. The third-order valence-electron chi connectivity index (χ3n) is 2.68. The smallest absolute Gasteiger partial charge is 0.358 e. The van der Waals surface area contributed by atoms with Gasteiger partial charge in [-0.2, -0.15) is 0 Å². The van der Waals surface area contributed by atoms with Crippen LogP contribution in [0.4, 0.5) is 0 Å². The maximum absolute atomic E-state index is 11.2. The number of aromatic carboxylic acids is 1. The van der Waals surface area contributed by atoms with E-state index < -0.39 is 5.97 Å². The third kappa shape index (κ3) is 2.06. The molecule has 0 bridgehead atoms. The lowest BCUT2D eigenvalue weighted by Crippen LogP contribution is -2.02. The van der Waals surface area contributed by atoms with E-state index in [2.05, 4.69) is 10.3 Å². The fourth-order valence-corrected chi connectivity index (χ4v) is 2.03. The van der Waals surface area contributed by atoms with Gasteiger partial charge < -0.3 is 9.52 Å². The van der Waals surface area contributed by atoms with Gasteiger partial charge >= 0.3 is 5.97 Å². The molecule has 0 fully saturated rings. The summed E-state index contributed by atoms with van der Waals surface area (Å²) in [6.07, 6.45) is 1.45. The summed E-state index contributed by atoms with van der Waals surface area (Å²) in [7, 11) is 0. The Hall–Kier alpha value is -2.60. The van der Waals surface area contributed by atoms with Gasteiger partial charge in [0, 0.05) is 5.02 Å². The molecule has 7 heteroatoms. The summed E-state index contributed by atoms with van der Waals surface area (Å²) in [6.45, 7) is 0. The average molecular weight is 290 g/mol. The van der Waals surface area contributed by atoms with Crippen LogP contribution in [-0.4, -0.2) is 26.1 Å². The molecule has 0 spiro atoms. The Kier molecular flexibility index (Phi) is 3.00. The van der Waals surface area contributed by atoms with Crippen LogP contribution in [0.3, 0.4) is 0 Å². The first-order valence-corrected chi connectivity index (χ1v) is 6.03. The Labute approximate surface area is 118 Å². The first-order chi connectivity index (χ1) is 9.66. The summed E-state index contributed by atoms with van der Waals surface area (Å²) in [6, 6.07) is 10.2. The van der Waals surface area contributed by atoms with Crippen LogP contribution in [0, 0.1) is 0 Å². The number of carboxylic acid groups (broad SMARTS) is 1. The SMILES string of the molecule is O=C(O)c1nnn(-c2cccc(Cl)c2)c1-c1ccco1. The molecule has 100 valence electrons. The molecule has 0 aliphatic rings. The van der Waals surface area contributed by atoms with Gasteiger partial charge in [0.05, 0.1) is 12.0 Å². The number of carboxylic acids is 1. The first-order valence-electron chi connectivity index (χ1n) is 5.65. The molecule has 0 saturated heterocycles. The summed E-state index contributed by atoms with van der Waals surface area (Å²) >= 11 is 5.94. The van der Waals surface area contributed by atoms with Gasteiger partial charge in [-0.25, -0.2) is 9.48 Å². The van der Waals surface area contributed by atoms with E-state index in [9.17, 15) is 9.90 Å². The summed E-state index contributed by atoms with van der Waals surface area (Å²) in [4.78, 5) is 11.2. The van der Waals surface area contributed by atoms with Gasteiger partial charge in [-0.1, -0.05) is 22.9 Å². The van der Waals surface area contributed by atoms with Gasteiger partial charge in [-0.05, 0) is 30.3 Å². The van der Waals surface area contributed by atoms with Gasteiger partial charge in [-0.15, -0.1) is 5.10 Å². The lowest BCUT2D eigenvalue weighted by Gasteiger charge is -2.05. The molecule has 0 amide bonds. The minimum Gasteiger partial charge on any atom is -0.476 e. The molecule has 3 rings (SSSR count). The zero-order valence-corrected chi connectivity index (χ0v) is 10.8. The maximum Gasteiger partial charge on any atom is 0.358 e. The second kappa shape index (κ2) is 4.82. The average Bonchev–Trinajstić information content (AvgIpc) is 3.07. The fraction of sp³-hybridized carbons (Fsp3) is 0. The fourth-order valence-electron chi connectivity index (χ4n) is 1.85. The Balaban J connectivity index is 2.24. The second-order valence-electron chi connectivity index (χ2n) is 3.96. The van der Waals surface area contributed by atoms with Crippen molar-refractivity contribution < 1.29 is 14.3 Å². The molecule has 0 aliphatic carbocycles. The highest BCUT2D eigenvalue weighted by Gasteiger charge is 2.23. The number of furan rings is 1. The minimum atomic E-state index is -1.18. The van der Waals surface area contributed by atoms with Crippen molar-refractivity contribution in [3.05, 3.63) is 53.4 Å². The maximum atomic E-state index is 11.2. The lowest BCUT2D eigenvalue weighted by atomic mass is 10.2. The molecule has 0 saturated carbocycles. The van der Waals surface area contributed by atoms with E-state index in [0.717, 1.165) is 0 Å². The van der Waals surface area contributed by atoms with E-state index in [0.29, 0.717) is 16.5 Å². The van der Waals surface area contributed by atoms with Gasteiger partial charge in [0.2, 0.25) is 5.69 Å². The van der Waals surface area contributed by atoms with Crippen molar-refractivity contribution in [3.63, 3.8) is 0 Å². The first kappa shape index (κ1) is 12.4. The molecule has 2 heterocycles. The van der Waals surface area contributed by atoms with Crippen molar-refractivity contribution in [2.75, 3.05) is 0 Å². The molecule has 1 aromatic carbocycles. The van der Waals surface area contributed by atoms with Crippen molar-refractivity contribution in [3.8, 4) is 17.1 Å². The molecule has 3 aromatic rings. The van der Waals surface area contributed by atoms with Gasteiger partial charge in [0.15, 0.2) is 5.76 Å². The quantitative estimate of drug-likeness (QED) is 0.802. The standard InChI is InChI=1S/C13H8ClN3O3/c14-8-3-1-4-9(7-8)17-12(10-5-2-6-20-10)11(13(18)19)15-16-17/h1-7H,(H,18,19). The van der Waals surface area contributed by atoms with E-state index >= 15 is 0 Å². The summed E-state index contributed by atoms with van der Waals surface area (Å²) in [5, 5.41) is 17.3. The third-order valence-corrected chi connectivity index (χ3v) is 2.92. The number of aromatic nitrogens is 3. The predicted molar refractivity (Wildman–Crippen MR) is 71.0 cm³/mol. The zero-order chi connectivity index (χ0) is 14.1. The second-order valence-corrected chi connectivity index (χ2v) is 4.40. The summed E-state index contributed by atoms with van der Waals surface area (Å²) < 4.78 is 6.65. The van der Waals surface area contributed by atoms with Crippen molar-refractivity contribution in [2.45, 2.75) is 0 Å². The molecule has 6 nitrogen and oxygen atoms in total. The predicted octanol–water partition coefficient (Wildman–Crippen LogP) is 2.88. The molecule has 1 N–H and O–H groups in total. The number of halogens is 1. The Bertz CT molecular complexity index is 765. The normalized spacial score (nSPS) is 10.7. The molecule has 0 radical (unpaired) electrons. The van der Waals surface area contributed by atoms with Crippen LogP contribution in [0.1, 0.15) is 10.5 Å². The molecular weight excluding hydrogens is 282 g/mol. The van der Waals surface area contributed by atoms with Crippen LogP contribution in [0.15, 0.2) is 47.1 Å². The highest BCUT2D eigenvalue weighted by molar-refractivity contribution is 6.30. The van der Waals surface area contributed by atoms with Crippen LogP contribution in [0.5, 0.6) is 0 Å². The van der Waals surface area contributed by atoms with E-state index in [1.807, 2.05) is 0 Å². The van der Waals surface area contributed by atoms with Crippen LogP contribution < -0.4 is 0 Å². The van der Waals surface area contributed by atoms with Crippen molar-refractivity contribution in [2.24, 2.45) is 0 Å². The molecule has 0 unspecified atom stereocenters. The number of hydrogen-bond acceptors (Lipinski definition) is 4. The van der Waals surface area contributed by atoms with E-state index in [1.165, 1.54) is 10.9 Å². The minimum absolute atomic E-state index is 0.181. The van der Waals surface area contributed by atoms with Crippen LogP contribution in [-0.2, 0) is 0 Å². The molecule has 20 heavy (non-hydrogen) atoms. The number of rotatable bonds is 3. The summed E-state index contributed by atoms with van der Waals surface area (Å²) in [5.41, 5.74) is 0.689. The van der Waals surface area contributed by atoms with Crippen LogP contribution in [0.2, 0.25) is 5.02 Å². The zero-order valence-electron chi connectivity index (χ0n) is 10.0. The molecule has 2 aromatic heterocycles. The van der Waals surface area contributed by atoms with Crippen molar-refractivity contribution >= 4 is 17.6 Å². The highest BCUT2D eigenvalue weighted by atomic mass is 35.5. The van der Waals surface area contributed by atoms with E-state index in [1.54, 1.807) is 36.4 Å². The van der Waals surface area contributed by atoms with Gasteiger partial charge in [0.25, 0.3) is 0 Å². The Morgan fingerprint density at radius 1 is 1.30 bits per heavy atom. The molecule has 0 atom stereocenters. The molecular formula is C13H8ClN3O3. The van der Waals surface area contributed by atoms with Gasteiger partial charge in [0.1, 0.15) is 5.69 Å². The highest BCUT2D eigenvalue weighted by Crippen LogP contribution is 2.26. The van der Waals surface area contributed by atoms with E-state index in [4.69, 9.17) is 16.0 Å². The number of nitrogens with zero attached hydrogens (tertiary/aromatic N) is 3. The van der Waals surface area contributed by atoms with Crippen molar-refractivity contribution in [1.82, 2.24) is 15.0 Å². The lowest BCUT2D eigenvalue weighted by molar-refractivity contribution is 0.0691. The van der Waals surface area contributed by atoms with Crippen LogP contribution in [0.25, 0.3) is 17.1 Å². The summed E-state index contributed by atoms with van der Waals surface area (Å²) in [5.74, 6) is -0.808. The van der Waals surface area contributed by atoms with E-state index in [-0.39, 0.29) is 11.4 Å². The topological polar surface area (TPSA) is 81.1 Å². The largest absolute Gasteiger partial charge is 0.476 e. The monoisotopic (exact) mass is 289 g/mol. The Morgan fingerprint density at radius 3 is 2.80 bits per heavy atom. The number of carbonyl (C=O) groups is 1. The number of benzene rings is 1. The van der Waals surface area contributed by atoms with Gasteiger partial charge in [-0.3, -0.25) is 0 Å². The number of hydrogen-bond donors (Lipinski definition) is 1.